The van der Waals surface area contributed by atoms with E-state index in [9.17, 15) is 4.79 Å². The van der Waals surface area contributed by atoms with Crippen LogP contribution in [0.3, 0.4) is 0 Å². The molecule has 86 valence electrons. The summed E-state index contributed by atoms with van der Waals surface area (Å²) < 4.78 is 5.37. The van der Waals surface area contributed by atoms with Gasteiger partial charge in [-0.2, -0.15) is 0 Å². The fraction of sp³-hybridized carbons (Fsp3) is 0.900. The van der Waals surface area contributed by atoms with Gasteiger partial charge in [0.2, 0.25) is 5.91 Å². The van der Waals surface area contributed by atoms with E-state index in [1.54, 1.807) is 11.8 Å². The smallest absolute Gasteiger partial charge is 0.238 e. The lowest BCUT2D eigenvalue weighted by Crippen LogP contribution is -2.44. The molecule has 0 aromatic carbocycles. The highest BCUT2D eigenvalue weighted by molar-refractivity contribution is 7.99. The van der Waals surface area contributed by atoms with Crippen molar-refractivity contribution in [2.75, 3.05) is 31.4 Å². The number of ether oxygens (including phenoxy) is 1. The summed E-state index contributed by atoms with van der Waals surface area (Å²) in [6.07, 6.45) is 2.30. The number of nitrogens with one attached hydrogen (secondary N) is 2. The summed E-state index contributed by atoms with van der Waals surface area (Å²) in [5.41, 5.74) is 0. The monoisotopic (exact) mass is 230 g/mol. The van der Waals surface area contributed by atoms with E-state index < -0.39 is 0 Å². The number of hydrogen-bond donors (Lipinski definition) is 2. The molecule has 0 radical (unpaired) electrons. The SMILES string of the molecule is O=C(NCC1CCCOC1)[C@H]1CSCN1. The molecule has 0 aromatic rings. The van der Waals surface area contributed by atoms with Crippen LogP contribution >= 0.6 is 11.8 Å². The molecular formula is C10H18N2O2S. The topological polar surface area (TPSA) is 50.4 Å². The van der Waals surface area contributed by atoms with Crippen LogP contribution in [0.15, 0.2) is 0 Å². The molecule has 4 nitrogen and oxygen atoms in total. The molecule has 1 amide bonds. The van der Waals surface area contributed by atoms with Gasteiger partial charge in [-0.1, -0.05) is 0 Å². The number of hydrogen-bond acceptors (Lipinski definition) is 4. The van der Waals surface area contributed by atoms with Crippen LogP contribution in [-0.4, -0.2) is 43.3 Å². The minimum Gasteiger partial charge on any atom is -0.381 e. The normalized spacial score (nSPS) is 31.5. The number of carbonyl (C=O) groups excluding carboxylic acids is 1. The van der Waals surface area contributed by atoms with E-state index in [1.165, 1.54) is 6.42 Å². The molecule has 15 heavy (non-hydrogen) atoms. The first-order chi connectivity index (χ1) is 7.36. The number of rotatable bonds is 3. The van der Waals surface area contributed by atoms with Crippen LogP contribution in [0.5, 0.6) is 0 Å². The Morgan fingerprint density at radius 3 is 3.20 bits per heavy atom. The lowest BCUT2D eigenvalue weighted by molar-refractivity contribution is -0.122. The maximum Gasteiger partial charge on any atom is 0.238 e. The molecule has 2 aliphatic rings. The molecule has 0 saturated carbocycles. The minimum atomic E-state index is 0.0134. The molecule has 0 aliphatic carbocycles. The molecule has 1 unspecified atom stereocenters. The van der Waals surface area contributed by atoms with Crippen LogP contribution in [-0.2, 0) is 9.53 Å². The first kappa shape index (κ1) is 11.2. The van der Waals surface area contributed by atoms with E-state index in [2.05, 4.69) is 10.6 Å². The highest BCUT2D eigenvalue weighted by Gasteiger charge is 2.23. The van der Waals surface area contributed by atoms with Gasteiger partial charge in [0.05, 0.1) is 12.6 Å². The molecule has 0 aromatic heterocycles. The van der Waals surface area contributed by atoms with Gasteiger partial charge in [0.1, 0.15) is 0 Å². The maximum absolute atomic E-state index is 11.7. The van der Waals surface area contributed by atoms with Gasteiger partial charge < -0.3 is 10.1 Å². The van der Waals surface area contributed by atoms with Gasteiger partial charge >= 0.3 is 0 Å². The standard InChI is InChI=1S/C10H18N2O2S/c13-10(9-6-15-7-12-9)11-4-8-2-1-3-14-5-8/h8-9,12H,1-7H2,(H,11,13)/t8?,9-/m1/s1. The van der Waals surface area contributed by atoms with Crippen molar-refractivity contribution in [3.05, 3.63) is 0 Å². The first-order valence-electron chi connectivity index (χ1n) is 5.53. The number of carbonyl (C=O) groups is 1. The largest absolute Gasteiger partial charge is 0.381 e. The van der Waals surface area contributed by atoms with Crippen molar-refractivity contribution >= 4 is 17.7 Å². The van der Waals surface area contributed by atoms with Crippen LogP contribution in [0.4, 0.5) is 0 Å². The third-order valence-electron chi connectivity index (χ3n) is 2.85. The Morgan fingerprint density at radius 2 is 2.53 bits per heavy atom. The van der Waals surface area contributed by atoms with E-state index in [4.69, 9.17) is 4.74 Å². The summed E-state index contributed by atoms with van der Waals surface area (Å²) in [4.78, 5) is 11.7. The third kappa shape index (κ3) is 3.36. The quantitative estimate of drug-likeness (QED) is 0.727. The average molecular weight is 230 g/mol. The zero-order valence-electron chi connectivity index (χ0n) is 8.83. The third-order valence-corrected chi connectivity index (χ3v) is 3.79. The van der Waals surface area contributed by atoms with Crippen LogP contribution < -0.4 is 10.6 Å². The summed E-state index contributed by atoms with van der Waals surface area (Å²) in [5.74, 6) is 2.44. The van der Waals surface area contributed by atoms with Gasteiger partial charge in [-0.15, -0.1) is 11.8 Å². The molecule has 2 atom stereocenters. The Balaban J connectivity index is 1.65. The summed E-state index contributed by atoms with van der Waals surface area (Å²) in [6, 6.07) is 0.0134. The van der Waals surface area contributed by atoms with E-state index in [-0.39, 0.29) is 11.9 Å². The summed E-state index contributed by atoms with van der Waals surface area (Å²) >= 11 is 1.78. The van der Waals surface area contributed by atoms with Crippen molar-refractivity contribution in [1.82, 2.24) is 10.6 Å². The van der Waals surface area contributed by atoms with E-state index in [0.717, 1.165) is 37.8 Å². The zero-order chi connectivity index (χ0) is 10.5. The molecule has 2 heterocycles. The van der Waals surface area contributed by atoms with Crippen LogP contribution in [0, 0.1) is 5.92 Å². The van der Waals surface area contributed by atoms with Gasteiger partial charge in [0.25, 0.3) is 0 Å². The van der Waals surface area contributed by atoms with Crippen LogP contribution in [0.2, 0.25) is 0 Å². The second kappa shape index (κ2) is 5.72. The first-order valence-corrected chi connectivity index (χ1v) is 6.68. The van der Waals surface area contributed by atoms with Crippen molar-refractivity contribution in [2.45, 2.75) is 18.9 Å². The average Bonchev–Trinajstić information content (AvgIpc) is 2.81. The van der Waals surface area contributed by atoms with Crippen molar-refractivity contribution in [1.29, 1.82) is 0 Å². The van der Waals surface area contributed by atoms with Crippen LogP contribution in [0.25, 0.3) is 0 Å². The highest BCUT2D eigenvalue weighted by atomic mass is 32.2. The van der Waals surface area contributed by atoms with Gasteiger partial charge in [0, 0.05) is 24.8 Å². The predicted molar refractivity (Wildman–Crippen MR) is 60.8 cm³/mol. The fourth-order valence-electron chi connectivity index (χ4n) is 1.90. The molecule has 2 fully saturated rings. The van der Waals surface area contributed by atoms with Gasteiger partial charge in [-0.05, 0) is 18.8 Å². The Morgan fingerprint density at radius 1 is 1.60 bits per heavy atom. The molecule has 5 heteroatoms. The molecule has 0 bridgehead atoms. The maximum atomic E-state index is 11.7. The van der Waals surface area contributed by atoms with Crippen molar-refractivity contribution < 1.29 is 9.53 Å². The van der Waals surface area contributed by atoms with Gasteiger partial charge in [0.15, 0.2) is 0 Å². The van der Waals surface area contributed by atoms with E-state index in [0.29, 0.717) is 5.92 Å². The molecule has 2 rings (SSSR count). The molecule has 2 aliphatic heterocycles. The zero-order valence-corrected chi connectivity index (χ0v) is 9.65. The Hall–Kier alpha value is -0.260. The molecule has 2 saturated heterocycles. The molecule has 2 N–H and O–H groups in total. The predicted octanol–water partition coefficient (Wildman–Crippen LogP) is 0.192. The Bertz CT molecular complexity index is 213. The number of thioether (sulfide) groups is 1. The lowest BCUT2D eigenvalue weighted by Gasteiger charge is -2.22. The minimum absolute atomic E-state index is 0.0134. The van der Waals surface area contributed by atoms with E-state index >= 15 is 0 Å². The van der Waals surface area contributed by atoms with Crippen LogP contribution in [0.1, 0.15) is 12.8 Å². The van der Waals surface area contributed by atoms with Gasteiger partial charge in [-0.25, -0.2) is 0 Å². The second-order valence-electron chi connectivity index (χ2n) is 4.10. The Labute approximate surface area is 94.5 Å². The summed E-state index contributed by atoms with van der Waals surface area (Å²) in [7, 11) is 0. The highest BCUT2D eigenvalue weighted by Crippen LogP contribution is 2.13. The summed E-state index contributed by atoms with van der Waals surface area (Å²) in [6.45, 7) is 2.44. The second-order valence-corrected chi connectivity index (χ2v) is 5.13. The lowest BCUT2D eigenvalue weighted by atomic mass is 10.0. The number of amides is 1. The Kier molecular flexibility index (Phi) is 4.29. The van der Waals surface area contributed by atoms with Crippen molar-refractivity contribution in [2.24, 2.45) is 5.92 Å². The van der Waals surface area contributed by atoms with Crippen molar-refractivity contribution in [3.8, 4) is 0 Å². The molecule has 0 spiro atoms. The summed E-state index contributed by atoms with van der Waals surface area (Å²) in [5, 5.41) is 6.16. The van der Waals surface area contributed by atoms with Gasteiger partial charge in [-0.3, -0.25) is 10.1 Å². The van der Waals surface area contributed by atoms with Crippen molar-refractivity contribution in [3.63, 3.8) is 0 Å². The van der Waals surface area contributed by atoms with E-state index in [1.807, 2.05) is 0 Å². The molecular weight excluding hydrogens is 212 g/mol. The fourth-order valence-corrected chi connectivity index (χ4v) is 2.84.